The SMILES string of the molecule is C[C@]12C3C1[C@H]3C[C@@H]2NC(=O)C(=O)NCC[C@H](NC(=O)c1ccc(Nc2nc(NC3(c4ccc(Cl)cc4)CC3)nc(OCC(F)(F)F)n2)cc1)C(=O)O. The third-order valence-corrected chi connectivity index (χ3v) is 10.7. The molecule has 0 spiro atoms. The molecule has 0 radical (unpaired) electrons. The molecule has 5 fully saturated rings. The number of hydrogen-bond acceptors (Lipinski definition) is 10. The molecule has 274 valence electrons. The van der Waals surface area contributed by atoms with Gasteiger partial charge in [-0.15, -0.1) is 0 Å². The molecular formula is C34H34ClF3N8O6. The van der Waals surface area contributed by atoms with Gasteiger partial charge in [-0.05, 0) is 90.8 Å². The Bertz CT molecular complexity index is 1900. The highest BCUT2D eigenvalue weighted by Crippen LogP contribution is 2.89. The molecule has 5 aliphatic carbocycles. The van der Waals surface area contributed by atoms with Gasteiger partial charge in [-0.2, -0.15) is 28.1 Å². The number of carboxylic acids is 1. The van der Waals surface area contributed by atoms with Gasteiger partial charge in [0.25, 0.3) is 5.91 Å². The fraction of sp³-hybridized carbons (Fsp3) is 0.441. The third kappa shape index (κ3) is 7.26. The Labute approximate surface area is 299 Å². The Morgan fingerprint density at radius 1 is 0.981 bits per heavy atom. The highest BCUT2D eigenvalue weighted by atomic mass is 35.5. The van der Waals surface area contributed by atoms with Gasteiger partial charge < -0.3 is 36.4 Å². The number of carboxylic acid groups (broad SMARTS) is 1. The summed E-state index contributed by atoms with van der Waals surface area (Å²) in [7, 11) is 0. The molecule has 1 heterocycles. The predicted octanol–water partition coefficient (Wildman–Crippen LogP) is 3.77. The number of nitrogens with zero attached hydrogens (tertiary/aromatic N) is 3. The highest BCUT2D eigenvalue weighted by molar-refractivity contribution is 6.35. The number of amides is 3. The molecule has 6 N–H and O–H groups in total. The minimum atomic E-state index is -4.64. The molecule has 18 heteroatoms. The number of aliphatic carboxylic acids is 1. The fourth-order valence-electron chi connectivity index (χ4n) is 7.52. The normalized spacial score (nSPS) is 24.8. The van der Waals surface area contributed by atoms with E-state index in [0.29, 0.717) is 41.3 Å². The minimum Gasteiger partial charge on any atom is -0.480 e. The smallest absolute Gasteiger partial charge is 0.422 e. The van der Waals surface area contributed by atoms with Crippen LogP contribution < -0.4 is 31.3 Å². The number of benzene rings is 2. The van der Waals surface area contributed by atoms with Crippen molar-refractivity contribution in [3.63, 3.8) is 0 Å². The summed E-state index contributed by atoms with van der Waals surface area (Å²) in [6.07, 6.45) is -2.52. The first-order chi connectivity index (χ1) is 24.6. The number of anilines is 3. The van der Waals surface area contributed by atoms with Crippen LogP contribution in [0.15, 0.2) is 48.5 Å². The lowest BCUT2D eigenvalue weighted by atomic mass is 9.97. The molecule has 1 aromatic heterocycles. The van der Waals surface area contributed by atoms with Crippen LogP contribution in [0.25, 0.3) is 0 Å². The number of rotatable bonds is 14. The number of halogens is 4. The van der Waals surface area contributed by atoms with Gasteiger partial charge in [0.1, 0.15) is 6.04 Å². The van der Waals surface area contributed by atoms with Gasteiger partial charge in [-0.25, -0.2) is 4.79 Å². The third-order valence-electron chi connectivity index (χ3n) is 10.5. The quantitative estimate of drug-likeness (QED) is 0.132. The fourth-order valence-corrected chi connectivity index (χ4v) is 7.64. The first-order valence-corrected chi connectivity index (χ1v) is 17.0. The Kier molecular flexibility index (Phi) is 8.87. The number of fused-ring (bicyclic) bond motifs is 1. The van der Waals surface area contributed by atoms with E-state index in [2.05, 4.69) is 48.5 Å². The molecule has 2 aromatic carbocycles. The van der Waals surface area contributed by atoms with Crippen LogP contribution in [0.4, 0.5) is 30.8 Å². The van der Waals surface area contributed by atoms with Crippen molar-refractivity contribution in [2.24, 2.45) is 23.2 Å². The second-order valence-electron chi connectivity index (χ2n) is 13.8. The van der Waals surface area contributed by atoms with Crippen LogP contribution >= 0.6 is 11.6 Å². The van der Waals surface area contributed by atoms with Crippen LogP contribution in [-0.2, 0) is 19.9 Å². The summed E-state index contributed by atoms with van der Waals surface area (Å²) in [6, 6.07) is 10.8. The minimum absolute atomic E-state index is 0.0273. The Hall–Kier alpha value is -5.19. The molecule has 3 amide bonds. The number of carbonyl (C=O) groups excluding carboxylic acids is 3. The van der Waals surface area contributed by atoms with Gasteiger partial charge in [-0.1, -0.05) is 30.7 Å². The van der Waals surface area contributed by atoms with Crippen LogP contribution in [0.2, 0.25) is 5.02 Å². The van der Waals surface area contributed by atoms with Crippen LogP contribution in [-0.4, -0.2) is 75.2 Å². The van der Waals surface area contributed by atoms with Gasteiger partial charge in [0, 0.05) is 28.9 Å². The lowest BCUT2D eigenvalue weighted by molar-refractivity contribution is -0.154. The van der Waals surface area contributed by atoms with Crippen LogP contribution in [0.3, 0.4) is 0 Å². The van der Waals surface area contributed by atoms with Crippen molar-refractivity contribution in [3.8, 4) is 6.01 Å². The van der Waals surface area contributed by atoms with Crippen molar-refractivity contribution in [1.82, 2.24) is 30.9 Å². The molecule has 0 aliphatic heterocycles. The maximum atomic E-state index is 12.9. The largest absolute Gasteiger partial charge is 0.480 e. The second kappa shape index (κ2) is 13.1. The zero-order valence-electron chi connectivity index (χ0n) is 27.6. The molecule has 5 aliphatic rings. The van der Waals surface area contributed by atoms with E-state index in [1.165, 1.54) is 24.3 Å². The monoisotopic (exact) mass is 742 g/mol. The van der Waals surface area contributed by atoms with E-state index >= 15 is 0 Å². The van der Waals surface area contributed by atoms with Gasteiger partial charge in [0.15, 0.2) is 6.61 Å². The summed E-state index contributed by atoms with van der Waals surface area (Å²) in [5.41, 5.74) is 0.869. The van der Waals surface area contributed by atoms with E-state index in [1.54, 1.807) is 12.1 Å². The van der Waals surface area contributed by atoms with Crippen molar-refractivity contribution in [2.45, 2.75) is 56.4 Å². The summed E-state index contributed by atoms with van der Waals surface area (Å²) in [5.74, 6) is -1.89. The van der Waals surface area contributed by atoms with Gasteiger partial charge in [-0.3, -0.25) is 14.4 Å². The van der Waals surface area contributed by atoms with Gasteiger partial charge in [0.2, 0.25) is 11.9 Å². The average Bonchev–Trinajstić information content (AvgIpc) is 4.05. The lowest BCUT2D eigenvalue weighted by Crippen LogP contribution is -2.48. The number of alkyl halides is 3. The maximum absolute atomic E-state index is 12.9. The molecule has 8 rings (SSSR count). The number of aromatic nitrogens is 3. The summed E-state index contributed by atoms with van der Waals surface area (Å²) in [5, 5.41) is 23.9. The molecule has 5 saturated carbocycles. The first-order valence-electron chi connectivity index (χ1n) is 16.6. The Morgan fingerprint density at radius 2 is 1.65 bits per heavy atom. The van der Waals surface area contributed by atoms with E-state index in [1.807, 2.05) is 12.1 Å². The Balaban J connectivity index is 0.945. The van der Waals surface area contributed by atoms with Crippen LogP contribution in [0, 0.1) is 23.2 Å². The van der Waals surface area contributed by atoms with Crippen LogP contribution in [0.5, 0.6) is 6.01 Å². The Morgan fingerprint density at radius 3 is 2.25 bits per heavy atom. The summed E-state index contributed by atoms with van der Waals surface area (Å²) < 4.78 is 43.6. The summed E-state index contributed by atoms with van der Waals surface area (Å²) in [4.78, 5) is 61.8. The molecule has 0 saturated heterocycles. The topological polar surface area (TPSA) is 197 Å². The maximum Gasteiger partial charge on any atom is 0.422 e. The predicted molar refractivity (Wildman–Crippen MR) is 179 cm³/mol. The second-order valence-corrected chi connectivity index (χ2v) is 14.3. The van der Waals surface area contributed by atoms with Crippen molar-refractivity contribution in [2.75, 3.05) is 23.8 Å². The molecule has 3 aromatic rings. The standard InChI is InChI=1S/C34H34ClF3N8O6/c1-32-22(14-20-23(32)24(20)32)42-27(49)26(48)39-13-10-21(28(50)51)41-25(47)16-2-8-19(9-3-16)40-29-43-30(45-31(44-29)52-15-34(36,37)38)46-33(11-12-33)17-4-6-18(35)7-5-17/h2-9,20-24H,10-15H2,1H3,(H,39,48)(H,41,47)(H,42,49)(H,50,51)(H2,40,43,44,45,46)/t20-,21-,22-,23?,24?,32-/m0/s1. The van der Waals surface area contributed by atoms with Crippen molar-refractivity contribution < 1.29 is 42.2 Å². The van der Waals surface area contributed by atoms with Crippen LogP contribution in [0.1, 0.15) is 48.5 Å². The van der Waals surface area contributed by atoms with E-state index in [0.717, 1.165) is 12.0 Å². The lowest BCUT2D eigenvalue weighted by Gasteiger charge is -2.20. The van der Waals surface area contributed by atoms with Crippen molar-refractivity contribution in [3.05, 3.63) is 64.7 Å². The van der Waals surface area contributed by atoms with Crippen molar-refractivity contribution >= 4 is 52.9 Å². The molecule has 2 unspecified atom stereocenters. The van der Waals surface area contributed by atoms with E-state index in [4.69, 9.17) is 16.3 Å². The molecule has 2 bridgehead atoms. The summed E-state index contributed by atoms with van der Waals surface area (Å²) in [6.45, 7) is 0.328. The zero-order chi connectivity index (χ0) is 37.0. The zero-order valence-corrected chi connectivity index (χ0v) is 28.3. The van der Waals surface area contributed by atoms with Gasteiger partial charge >= 0.3 is 30.0 Å². The van der Waals surface area contributed by atoms with E-state index in [9.17, 15) is 37.5 Å². The average molecular weight is 743 g/mol. The van der Waals surface area contributed by atoms with E-state index < -0.39 is 54.1 Å². The molecular weight excluding hydrogens is 709 g/mol. The van der Waals surface area contributed by atoms with E-state index in [-0.39, 0.29) is 41.9 Å². The molecule has 4 atom stereocenters. The highest BCUT2D eigenvalue weighted by Gasteiger charge is 2.88. The number of ether oxygens (including phenoxy) is 1. The van der Waals surface area contributed by atoms with Gasteiger partial charge in [0.05, 0.1) is 5.54 Å². The molecule has 52 heavy (non-hydrogen) atoms. The first kappa shape index (κ1) is 35.2. The molecule has 14 nitrogen and oxygen atoms in total. The number of hydrogen-bond donors (Lipinski definition) is 6. The van der Waals surface area contributed by atoms with Crippen molar-refractivity contribution in [1.29, 1.82) is 0 Å². The summed E-state index contributed by atoms with van der Waals surface area (Å²) >= 11 is 6.02. The number of carbonyl (C=O) groups is 4. The number of nitrogens with one attached hydrogen (secondary N) is 5.